The third-order valence-corrected chi connectivity index (χ3v) is 2.69. The van der Waals surface area contributed by atoms with Crippen LogP contribution in [0.15, 0.2) is 0 Å². The van der Waals surface area contributed by atoms with Crippen LogP contribution >= 0.6 is 0 Å². The van der Waals surface area contributed by atoms with Crippen molar-refractivity contribution in [3.05, 3.63) is 0 Å². The number of nitrogens with zero attached hydrogens (tertiary/aromatic N) is 1. The van der Waals surface area contributed by atoms with Gasteiger partial charge in [0, 0.05) is 12.6 Å². The van der Waals surface area contributed by atoms with Gasteiger partial charge < -0.3 is 10.2 Å². The Bertz CT molecular complexity index is 115. The van der Waals surface area contributed by atoms with E-state index in [1.807, 2.05) is 0 Å². The zero-order valence-corrected chi connectivity index (χ0v) is 9.93. The molecule has 0 fully saturated rings. The van der Waals surface area contributed by atoms with E-state index in [2.05, 4.69) is 45.0 Å². The van der Waals surface area contributed by atoms with Crippen molar-refractivity contribution in [1.82, 2.24) is 10.2 Å². The highest BCUT2D eigenvalue weighted by atomic mass is 15.1. The highest BCUT2D eigenvalue weighted by molar-refractivity contribution is 4.66. The Hall–Kier alpha value is -0.0800. The first kappa shape index (κ1) is 12.9. The Kier molecular flexibility index (Phi) is 7.29. The minimum absolute atomic E-state index is 0.712. The first-order valence-electron chi connectivity index (χ1n) is 5.52. The maximum atomic E-state index is 3.38. The van der Waals surface area contributed by atoms with Crippen molar-refractivity contribution < 1.29 is 0 Å². The molecule has 0 heterocycles. The normalized spacial score (nSPS) is 16.2. The Balaban J connectivity index is 3.57. The van der Waals surface area contributed by atoms with E-state index in [-0.39, 0.29) is 0 Å². The molecule has 0 aliphatic heterocycles. The zero-order valence-electron chi connectivity index (χ0n) is 9.93. The summed E-state index contributed by atoms with van der Waals surface area (Å²) in [5.74, 6) is 0.749. The molecule has 0 saturated heterocycles. The first-order valence-corrected chi connectivity index (χ1v) is 5.52. The average molecular weight is 186 g/mol. The van der Waals surface area contributed by atoms with Gasteiger partial charge in [-0.1, -0.05) is 20.8 Å². The second-order valence-electron chi connectivity index (χ2n) is 4.11. The lowest BCUT2D eigenvalue weighted by molar-refractivity contribution is 0.217. The topological polar surface area (TPSA) is 15.3 Å². The van der Waals surface area contributed by atoms with E-state index >= 15 is 0 Å². The van der Waals surface area contributed by atoms with Crippen molar-refractivity contribution in [2.45, 2.75) is 40.2 Å². The standard InChI is InChI=1S/C11H26N2/c1-6-11(4)13(5)9-10(3)8-12-7-2/h10-12H,6-9H2,1-5H3. The van der Waals surface area contributed by atoms with E-state index in [1.54, 1.807) is 0 Å². The van der Waals surface area contributed by atoms with Gasteiger partial charge in [-0.15, -0.1) is 0 Å². The third-order valence-electron chi connectivity index (χ3n) is 2.69. The minimum Gasteiger partial charge on any atom is -0.317 e. The van der Waals surface area contributed by atoms with Gasteiger partial charge >= 0.3 is 0 Å². The van der Waals surface area contributed by atoms with E-state index in [1.165, 1.54) is 13.0 Å². The van der Waals surface area contributed by atoms with Gasteiger partial charge in [-0.25, -0.2) is 0 Å². The quantitative estimate of drug-likeness (QED) is 0.654. The van der Waals surface area contributed by atoms with E-state index in [0.29, 0.717) is 6.04 Å². The molecule has 0 aliphatic rings. The molecule has 2 nitrogen and oxygen atoms in total. The van der Waals surface area contributed by atoms with Crippen LogP contribution in [-0.2, 0) is 0 Å². The molecule has 0 amide bonds. The molecular weight excluding hydrogens is 160 g/mol. The maximum absolute atomic E-state index is 3.38. The van der Waals surface area contributed by atoms with Crippen LogP contribution in [-0.4, -0.2) is 37.6 Å². The summed E-state index contributed by atoms with van der Waals surface area (Å²) in [7, 11) is 2.22. The molecular formula is C11H26N2. The molecule has 0 spiro atoms. The lowest BCUT2D eigenvalue weighted by atomic mass is 10.1. The summed E-state index contributed by atoms with van der Waals surface area (Å²) in [6, 6.07) is 0.712. The molecule has 0 aromatic rings. The van der Waals surface area contributed by atoms with Crippen LogP contribution in [0.2, 0.25) is 0 Å². The second-order valence-corrected chi connectivity index (χ2v) is 4.11. The van der Waals surface area contributed by atoms with Crippen LogP contribution < -0.4 is 5.32 Å². The molecule has 2 heteroatoms. The van der Waals surface area contributed by atoms with Crippen LogP contribution in [0.5, 0.6) is 0 Å². The van der Waals surface area contributed by atoms with E-state index in [0.717, 1.165) is 19.0 Å². The van der Waals surface area contributed by atoms with Crippen molar-refractivity contribution in [1.29, 1.82) is 0 Å². The number of hydrogen-bond donors (Lipinski definition) is 1. The summed E-state index contributed by atoms with van der Waals surface area (Å²) < 4.78 is 0. The van der Waals surface area contributed by atoms with Gasteiger partial charge in [0.05, 0.1) is 0 Å². The van der Waals surface area contributed by atoms with Crippen molar-refractivity contribution in [2.75, 3.05) is 26.7 Å². The molecule has 0 radical (unpaired) electrons. The predicted octanol–water partition coefficient (Wildman–Crippen LogP) is 1.96. The smallest absolute Gasteiger partial charge is 0.00613 e. The number of nitrogens with one attached hydrogen (secondary N) is 1. The fraction of sp³-hybridized carbons (Fsp3) is 1.00. The van der Waals surface area contributed by atoms with Gasteiger partial charge in [-0.05, 0) is 39.4 Å². The van der Waals surface area contributed by atoms with E-state index < -0.39 is 0 Å². The third kappa shape index (κ3) is 6.05. The summed E-state index contributed by atoms with van der Waals surface area (Å²) in [4.78, 5) is 2.45. The molecule has 0 aromatic carbocycles. The van der Waals surface area contributed by atoms with Crippen molar-refractivity contribution in [3.63, 3.8) is 0 Å². The minimum atomic E-state index is 0.712. The average Bonchev–Trinajstić information content (AvgIpc) is 2.13. The van der Waals surface area contributed by atoms with Crippen LogP contribution in [0.4, 0.5) is 0 Å². The van der Waals surface area contributed by atoms with Gasteiger partial charge in [0.15, 0.2) is 0 Å². The molecule has 0 aliphatic carbocycles. The highest BCUT2D eigenvalue weighted by Gasteiger charge is 2.10. The lowest BCUT2D eigenvalue weighted by Crippen LogP contribution is -2.35. The maximum Gasteiger partial charge on any atom is 0.00613 e. The SMILES string of the molecule is CCNCC(C)CN(C)C(C)CC. The lowest BCUT2D eigenvalue weighted by Gasteiger charge is -2.26. The summed E-state index contributed by atoms with van der Waals surface area (Å²) in [5, 5.41) is 3.38. The number of rotatable bonds is 7. The molecule has 13 heavy (non-hydrogen) atoms. The predicted molar refractivity (Wildman–Crippen MR) is 60.1 cm³/mol. The summed E-state index contributed by atoms with van der Waals surface area (Å²) in [6.07, 6.45) is 1.24. The van der Waals surface area contributed by atoms with Crippen LogP contribution in [0.25, 0.3) is 0 Å². The van der Waals surface area contributed by atoms with Crippen LogP contribution in [0.1, 0.15) is 34.1 Å². The summed E-state index contributed by atoms with van der Waals surface area (Å²) in [5.41, 5.74) is 0. The van der Waals surface area contributed by atoms with Gasteiger partial charge in [0.1, 0.15) is 0 Å². The Morgan fingerprint density at radius 1 is 1.23 bits per heavy atom. The second kappa shape index (κ2) is 7.34. The molecule has 2 unspecified atom stereocenters. The molecule has 0 bridgehead atoms. The van der Waals surface area contributed by atoms with Gasteiger partial charge in [-0.3, -0.25) is 0 Å². The van der Waals surface area contributed by atoms with Gasteiger partial charge in [-0.2, -0.15) is 0 Å². The Morgan fingerprint density at radius 2 is 1.85 bits per heavy atom. The van der Waals surface area contributed by atoms with Crippen LogP contribution in [0.3, 0.4) is 0 Å². The molecule has 80 valence electrons. The van der Waals surface area contributed by atoms with Crippen LogP contribution in [0, 0.1) is 5.92 Å². The monoisotopic (exact) mass is 186 g/mol. The number of hydrogen-bond acceptors (Lipinski definition) is 2. The zero-order chi connectivity index (χ0) is 10.3. The van der Waals surface area contributed by atoms with Gasteiger partial charge in [0.25, 0.3) is 0 Å². The molecule has 2 atom stereocenters. The summed E-state index contributed by atoms with van der Waals surface area (Å²) in [6.45, 7) is 12.4. The van der Waals surface area contributed by atoms with Crippen molar-refractivity contribution in [2.24, 2.45) is 5.92 Å². The van der Waals surface area contributed by atoms with E-state index in [4.69, 9.17) is 0 Å². The fourth-order valence-electron chi connectivity index (χ4n) is 1.44. The fourth-order valence-corrected chi connectivity index (χ4v) is 1.44. The highest BCUT2D eigenvalue weighted by Crippen LogP contribution is 2.04. The van der Waals surface area contributed by atoms with Crippen molar-refractivity contribution >= 4 is 0 Å². The molecule has 0 saturated carbocycles. The molecule has 0 aromatic heterocycles. The Labute approximate surface area is 83.7 Å². The molecule has 0 rings (SSSR count). The first-order chi connectivity index (χ1) is 6.11. The summed E-state index contributed by atoms with van der Waals surface area (Å²) >= 11 is 0. The van der Waals surface area contributed by atoms with E-state index in [9.17, 15) is 0 Å². The Morgan fingerprint density at radius 3 is 2.31 bits per heavy atom. The van der Waals surface area contributed by atoms with Crippen molar-refractivity contribution in [3.8, 4) is 0 Å². The largest absolute Gasteiger partial charge is 0.317 e. The van der Waals surface area contributed by atoms with Gasteiger partial charge in [0.2, 0.25) is 0 Å². The molecule has 1 N–H and O–H groups in total.